The van der Waals surface area contributed by atoms with Crippen LogP contribution < -0.4 is 5.32 Å². The first kappa shape index (κ1) is 19.0. The summed E-state index contributed by atoms with van der Waals surface area (Å²) in [5, 5.41) is 4.93. The van der Waals surface area contributed by atoms with Gasteiger partial charge < -0.3 is 5.32 Å². The second-order valence-corrected chi connectivity index (χ2v) is 9.20. The number of nitrogens with one attached hydrogen (secondary N) is 1. The van der Waals surface area contributed by atoms with Crippen molar-refractivity contribution in [1.29, 1.82) is 0 Å². The lowest BCUT2D eigenvalue weighted by Gasteiger charge is -2.36. The molecule has 0 bridgehead atoms. The lowest BCUT2D eigenvalue weighted by molar-refractivity contribution is -0.126. The minimum absolute atomic E-state index is 0.0298. The van der Waals surface area contributed by atoms with E-state index in [1.54, 1.807) is 41.7 Å². The fourth-order valence-electron chi connectivity index (χ4n) is 2.97. The molecule has 1 unspecified atom stereocenters. The van der Waals surface area contributed by atoms with Crippen LogP contribution >= 0.6 is 11.3 Å². The molecule has 26 heavy (non-hydrogen) atoms. The molecule has 3 rings (SSSR count). The van der Waals surface area contributed by atoms with Crippen molar-refractivity contribution < 1.29 is 13.2 Å². The second-order valence-electron chi connectivity index (χ2n) is 6.23. The fourth-order valence-corrected chi connectivity index (χ4v) is 5.06. The number of hydrogen-bond acceptors (Lipinski definition) is 5. The van der Waals surface area contributed by atoms with Crippen molar-refractivity contribution in [1.82, 2.24) is 14.5 Å². The molecule has 0 radical (unpaired) electrons. The number of carbonyl (C=O) groups is 1. The van der Waals surface area contributed by atoms with E-state index in [-0.39, 0.29) is 11.9 Å². The molecule has 1 aliphatic rings. The third kappa shape index (κ3) is 4.32. The van der Waals surface area contributed by atoms with E-state index in [2.05, 4.69) is 5.32 Å². The van der Waals surface area contributed by atoms with E-state index in [0.717, 1.165) is 4.88 Å². The van der Waals surface area contributed by atoms with Crippen molar-refractivity contribution in [3.63, 3.8) is 0 Å². The SMILES string of the molecule is CC(C(=O)NCc1cccs1)N1CCN(S(=O)(=O)c2ccccc2)CC1. The van der Waals surface area contributed by atoms with Crippen molar-refractivity contribution in [3.8, 4) is 0 Å². The summed E-state index contributed by atoms with van der Waals surface area (Å²) in [6.07, 6.45) is 0. The lowest BCUT2D eigenvalue weighted by Crippen LogP contribution is -2.54. The molecular weight excluding hydrogens is 370 g/mol. The second kappa shape index (κ2) is 8.30. The molecule has 140 valence electrons. The Hall–Kier alpha value is -1.74. The number of benzene rings is 1. The number of thiophene rings is 1. The molecular formula is C18H23N3O3S2. The predicted octanol–water partition coefficient (Wildman–Crippen LogP) is 1.76. The molecule has 1 fully saturated rings. The van der Waals surface area contributed by atoms with Gasteiger partial charge >= 0.3 is 0 Å². The van der Waals surface area contributed by atoms with Crippen LogP contribution in [-0.4, -0.2) is 55.8 Å². The van der Waals surface area contributed by atoms with E-state index in [9.17, 15) is 13.2 Å². The average Bonchev–Trinajstić information content (AvgIpc) is 3.20. The highest BCUT2D eigenvalue weighted by atomic mass is 32.2. The van der Waals surface area contributed by atoms with Crippen LogP contribution in [0.15, 0.2) is 52.7 Å². The van der Waals surface area contributed by atoms with Crippen LogP contribution in [0.3, 0.4) is 0 Å². The Morgan fingerprint density at radius 3 is 2.42 bits per heavy atom. The number of carbonyl (C=O) groups excluding carboxylic acids is 1. The minimum Gasteiger partial charge on any atom is -0.350 e. The molecule has 1 saturated heterocycles. The molecule has 1 amide bonds. The Morgan fingerprint density at radius 2 is 1.81 bits per heavy atom. The minimum atomic E-state index is -3.46. The van der Waals surface area contributed by atoms with E-state index in [4.69, 9.17) is 0 Å². The first-order valence-corrected chi connectivity index (χ1v) is 10.9. The summed E-state index contributed by atoms with van der Waals surface area (Å²) < 4.78 is 26.8. The largest absolute Gasteiger partial charge is 0.350 e. The molecule has 1 aromatic carbocycles. The van der Waals surface area contributed by atoms with Crippen molar-refractivity contribution in [2.45, 2.75) is 24.4 Å². The summed E-state index contributed by atoms with van der Waals surface area (Å²) in [7, 11) is -3.46. The summed E-state index contributed by atoms with van der Waals surface area (Å²) in [4.78, 5) is 15.8. The Morgan fingerprint density at radius 1 is 1.12 bits per heavy atom. The van der Waals surface area contributed by atoms with Gasteiger partial charge in [-0.15, -0.1) is 11.3 Å². The zero-order valence-corrected chi connectivity index (χ0v) is 16.3. The average molecular weight is 394 g/mol. The zero-order valence-electron chi connectivity index (χ0n) is 14.7. The molecule has 2 heterocycles. The summed E-state index contributed by atoms with van der Waals surface area (Å²) in [6, 6.07) is 12.1. The van der Waals surface area contributed by atoms with Gasteiger partial charge in [0.25, 0.3) is 0 Å². The third-order valence-electron chi connectivity index (χ3n) is 4.60. The highest BCUT2D eigenvalue weighted by Gasteiger charge is 2.31. The van der Waals surface area contributed by atoms with Gasteiger partial charge in [0, 0.05) is 31.1 Å². The Labute approximate surface area is 158 Å². The van der Waals surface area contributed by atoms with Gasteiger partial charge in [-0.3, -0.25) is 9.69 Å². The van der Waals surface area contributed by atoms with E-state index in [1.165, 1.54) is 4.31 Å². The van der Waals surface area contributed by atoms with Crippen LogP contribution in [0.2, 0.25) is 0 Å². The van der Waals surface area contributed by atoms with Gasteiger partial charge in [0.05, 0.1) is 17.5 Å². The summed E-state index contributed by atoms with van der Waals surface area (Å²) in [6.45, 7) is 4.26. The fraction of sp³-hybridized carbons (Fsp3) is 0.389. The maximum Gasteiger partial charge on any atom is 0.243 e. The number of piperazine rings is 1. The molecule has 1 aliphatic heterocycles. The Bertz CT molecular complexity index is 815. The number of rotatable bonds is 6. The molecule has 1 atom stereocenters. The van der Waals surface area contributed by atoms with E-state index < -0.39 is 10.0 Å². The van der Waals surface area contributed by atoms with Crippen LogP contribution in [-0.2, 0) is 21.4 Å². The summed E-state index contributed by atoms with van der Waals surface area (Å²) in [5.41, 5.74) is 0. The maximum absolute atomic E-state index is 12.7. The standard InChI is InChI=1S/C18H23N3O3S2/c1-15(18(22)19-14-16-6-5-13-25-16)20-9-11-21(12-10-20)26(23,24)17-7-3-2-4-8-17/h2-8,13,15H,9-12,14H2,1H3,(H,19,22). The van der Waals surface area contributed by atoms with Crippen molar-refractivity contribution in [2.24, 2.45) is 0 Å². The number of hydrogen-bond donors (Lipinski definition) is 1. The lowest BCUT2D eigenvalue weighted by atomic mass is 10.2. The van der Waals surface area contributed by atoms with Crippen LogP contribution in [0.25, 0.3) is 0 Å². The quantitative estimate of drug-likeness (QED) is 0.812. The van der Waals surface area contributed by atoms with Gasteiger partial charge in [-0.05, 0) is 30.5 Å². The van der Waals surface area contributed by atoms with E-state index in [0.29, 0.717) is 37.6 Å². The summed E-state index contributed by atoms with van der Waals surface area (Å²) in [5.74, 6) is -0.0298. The van der Waals surface area contributed by atoms with Crippen LogP contribution in [0, 0.1) is 0 Å². The van der Waals surface area contributed by atoms with Crippen molar-refractivity contribution in [3.05, 3.63) is 52.7 Å². The maximum atomic E-state index is 12.7. The number of sulfonamides is 1. The van der Waals surface area contributed by atoms with Crippen molar-refractivity contribution in [2.75, 3.05) is 26.2 Å². The Balaban J connectivity index is 1.53. The monoisotopic (exact) mass is 393 g/mol. The smallest absolute Gasteiger partial charge is 0.243 e. The molecule has 8 heteroatoms. The van der Waals surface area contributed by atoms with Gasteiger partial charge in [0.2, 0.25) is 15.9 Å². The van der Waals surface area contributed by atoms with Gasteiger partial charge in [-0.2, -0.15) is 4.31 Å². The van der Waals surface area contributed by atoms with E-state index in [1.807, 2.05) is 29.3 Å². The van der Waals surface area contributed by atoms with Gasteiger partial charge in [-0.25, -0.2) is 8.42 Å². The van der Waals surface area contributed by atoms with Gasteiger partial charge in [-0.1, -0.05) is 24.3 Å². The molecule has 6 nitrogen and oxygen atoms in total. The normalized spacial score (nSPS) is 17.7. The first-order chi connectivity index (χ1) is 12.5. The summed E-state index contributed by atoms with van der Waals surface area (Å²) >= 11 is 1.61. The molecule has 0 spiro atoms. The van der Waals surface area contributed by atoms with Crippen LogP contribution in [0.4, 0.5) is 0 Å². The molecule has 0 saturated carbocycles. The molecule has 1 N–H and O–H groups in total. The molecule has 2 aromatic rings. The zero-order chi connectivity index (χ0) is 18.6. The first-order valence-electron chi connectivity index (χ1n) is 8.58. The third-order valence-corrected chi connectivity index (χ3v) is 7.39. The van der Waals surface area contributed by atoms with Crippen LogP contribution in [0.1, 0.15) is 11.8 Å². The van der Waals surface area contributed by atoms with Gasteiger partial charge in [0.15, 0.2) is 0 Å². The topological polar surface area (TPSA) is 69.7 Å². The number of nitrogens with zero attached hydrogens (tertiary/aromatic N) is 2. The highest BCUT2D eigenvalue weighted by Crippen LogP contribution is 2.18. The Kier molecular flexibility index (Phi) is 6.08. The molecule has 1 aromatic heterocycles. The number of amides is 1. The van der Waals surface area contributed by atoms with Crippen LogP contribution in [0.5, 0.6) is 0 Å². The highest BCUT2D eigenvalue weighted by molar-refractivity contribution is 7.89. The predicted molar refractivity (Wildman–Crippen MR) is 102 cm³/mol. The van der Waals surface area contributed by atoms with Crippen molar-refractivity contribution >= 4 is 27.3 Å². The molecule has 0 aliphatic carbocycles. The van der Waals surface area contributed by atoms with Gasteiger partial charge in [0.1, 0.15) is 0 Å². The van der Waals surface area contributed by atoms with E-state index >= 15 is 0 Å².